The molecule has 0 radical (unpaired) electrons. The monoisotopic (exact) mass is 207 g/mol. The highest BCUT2D eigenvalue weighted by Crippen LogP contribution is 2.29. The number of anilines is 1. The summed E-state index contributed by atoms with van der Waals surface area (Å²) in [5.74, 6) is 0. The van der Waals surface area contributed by atoms with Gasteiger partial charge in [0, 0.05) is 0 Å². The highest BCUT2D eigenvalue weighted by atomic mass is 32.1. The normalized spacial score (nSPS) is 11.6. The van der Waals surface area contributed by atoms with Crippen LogP contribution >= 0.6 is 18.9 Å². The molecular formula is C4H10N5OPS. The average molecular weight is 207 g/mol. The number of hydrogen-bond donors (Lipinski definition) is 3. The molecule has 0 fully saturated rings. The van der Waals surface area contributed by atoms with Crippen LogP contribution in [0.25, 0.3) is 0 Å². The summed E-state index contributed by atoms with van der Waals surface area (Å²) in [6.07, 6.45) is 0.790. The summed E-state index contributed by atoms with van der Waals surface area (Å²) in [7, 11) is -3.23. The van der Waals surface area contributed by atoms with Crippen LogP contribution in [0, 0.1) is 0 Å². The maximum absolute atomic E-state index is 10.9. The predicted molar refractivity (Wildman–Crippen MR) is 48.9 cm³/mol. The molecule has 0 unspecified atom stereocenters. The predicted octanol–water partition coefficient (Wildman–Crippen LogP) is 0.538. The zero-order valence-corrected chi connectivity index (χ0v) is 8.23. The quantitative estimate of drug-likeness (QED) is 0.624. The van der Waals surface area contributed by atoms with Crippen LogP contribution in [-0.2, 0) is 11.0 Å². The molecule has 0 bridgehead atoms. The van der Waals surface area contributed by atoms with E-state index in [1.165, 1.54) is 11.3 Å². The van der Waals surface area contributed by atoms with Crippen LogP contribution in [0.15, 0.2) is 0 Å². The van der Waals surface area contributed by atoms with E-state index in [9.17, 15) is 4.57 Å². The topological polar surface area (TPSA) is 107 Å². The van der Waals surface area contributed by atoms with Crippen LogP contribution in [-0.4, -0.2) is 10.2 Å². The maximum atomic E-state index is 10.9. The SMILES string of the molecule is CCc1nnc(NP(N)(N)=O)s1. The van der Waals surface area contributed by atoms with Crippen molar-refractivity contribution in [2.24, 2.45) is 11.0 Å². The van der Waals surface area contributed by atoms with Gasteiger partial charge in [0.25, 0.3) is 7.59 Å². The number of hydrogen-bond acceptors (Lipinski definition) is 4. The number of nitrogens with one attached hydrogen (secondary N) is 1. The molecule has 0 aliphatic carbocycles. The Kier molecular flexibility index (Phi) is 2.79. The molecule has 0 aliphatic rings. The maximum Gasteiger partial charge on any atom is 0.299 e. The fourth-order valence-electron chi connectivity index (χ4n) is 0.591. The minimum Gasteiger partial charge on any atom is -0.287 e. The van der Waals surface area contributed by atoms with E-state index in [1.54, 1.807) is 0 Å². The van der Waals surface area contributed by atoms with Gasteiger partial charge in [-0.25, -0.2) is 0 Å². The molecule has 8 heteroatoms. The molecule has 0 amide bonds. The molecule has 1 rings (SSSR count). The minimum absolute atomic E-state index is 0.403. The summed E-state index contributed by atoms with van der Waals surface area (Å²) in [5.41, 5.74) is 10.2. The molecule has 12 heavy (non-hydrogen) atoms. The summed E-state index contributed by atoms with van der Waals surface area (Å²) in [6.45, 7) is 1.95. The van der Waals surface area contributed by atoms with Gasteiger partial charge in [0.1, 0.15) is 5.01 Å². The van der Waals surface area contributed by atoms with Gasteiger partial charge in [0.15, 0.2) is 0 Å². The molecule has 0 spiro atoms. The number of nitrogens with two attached hydrogens (primary N) is 2. The van der Waals surface area contributed by atoms with Gasteiger partial charge in [0.05, 0.1) is 0 Å². The van der Waals surface area contributed by atoms with Crippen LogP contribution in [0.4, 0.5) is 5.13 Å². The van der Waals surface area contributed by atoms with E-state index in [0.717, 1.165) is 11.4 Å². The standard InChI is InChI=1S/C4H10N5OPS/c1-2-3-7-8-4(12-3)9-11(5,6)10/h2H2,1H3,(H5,5,6,8,9,10). The fraction of sp³-hybridized carbons (Fsp3) is 0.500. The molecule has 6 nitrogen and oxygen atoms in total. The Labute approximate surface area is 73.9 Å². The van der Waals surface area contributed by atoms with Gasteiger partial charge in [0.2, 0.25) is 5.13 Å². The van der Waals surface area contributed by atoms with Gasteiger partial charge in [-0.3, -0.25) is 20.7 Å². The summed E-state index contributed by atoms with van der Waals surface area (Å²) in [6, 6.07) is 0. The number of nitrogens with zero attached hydrogens (tertiary/aromatic N) is 2. The van der Waals surface area contributed by atoms with E-state index in [1.807, 2.05) is 6.92 Å². The van der Waals surface area contributed by atoms with Gasteiger partial charge >= 0.3 is 0 Å². The molecule has 1 aromatic heterocycles. The number of rotatable bonds is 3. The molecule has 0 aromatic carbocycles. The lowest BCUT2D eigenvalue weighted by Gasteiger charge is -2.04. The first-order valence-electron chi connectivity index (χ1n) is 3.29. The second-order valence-corrected chi connectivity index (χ2v) is 4.88. The van der Waals surface area contributed by atoms with Crippen molar-refractivity contribution in [1.29, 1.82) is 0 Å². The molecule has 0 aliphatic heterocycles. The van der Waals surface area contributed by atoms with Crippen molar-refractivity contribution < 1.29 is 4.57 Å². The molecule has 68 valence electrons. The van der Waals surface area contributed by atoms with Gasteiger partial charge in [-0.2, -0.15) is 0 Å². The Morgan fingerprint density at radius 2 is 2.25 bits per heavy atom. The summed E-state index contributed by atoms with van der Waals surface area (Å²) in [5, 5.41) is 11.1. The van der Waals surface area contributed by atoms with Crippen molar-refractivity contribution >= 4 is 24.1 Å². The Hall–Kier alpha value is -0.490. The van der Waals surface area contributed by atoms with Crippen molar-refractivity contribution in [2.45, 2.75) is 13.3 Å². The number of aromatic nitrogens is 2. The largest absolute Gasteiger partial charge is 0.299 e. The second-order valence-electron chi connectivity index (χ2n) is 2.18. The molecule has 0 saturated heterocycles. The second kappa shape index (κ2) is 3.49. The highest BCUT2D eigenvalue weighted by molar-refractivity contribution is 7.61. The van der Waals surface area contributed by atoms with Crippen molar-refractivity contribution in [3.05, 3.63) is 5.01 Å². The van der Waals surface area contributed by atoms with Crippen molar-refractivity contribution in [3.8, 4) is 0 Å². The fourth-order valence-corrected chi connectivity index (χ4v) is 2.08. The molecule has 0 atom stereocenters. The third-order valence-electron chi connectivity index (χ3n) is 1.04. The zero-order valence-electron chi connectivity index (χ0n) is 6.52. The third-order valence-corrected chi connectivity index (χ3v) is 2.74. The Balaban J connectivity index is 2.71. The lowest BCUT2D eigenvalue weighted by Crippen LogP contribution is -2.12. The Morgan fingerprint density at radius 1 is 1.58 bits per heavy atom. The molecule has 5 N–H and O–H groups in total. The molecular weight excluding hydrogens is 197 g/mol. The lowest BCUT2D eigenvalue weighted by molar-refractivity contribution is 0.580. The minimum atomic E-state index is -3.23. The number of aryl methyl sites for hydroxylation is 1. The van der Waals surface area contributed by atoms with E-state index in [0.29, 0.717) is 5.13 Å². The zero-order chi connectivity index (χ0) is 9.19. The molecule has 1 aromatic rings. The molecule has 1 heterocycles. The van der Waals surface area contributed by atoms with Crippen molar-refractivity contribution in [1.82, 2.24) is 10.2 Å². The summed E-state index contributed by atoms with van der Waals surface area (Å²) < 4.78 is 10.9. The van der Waals surface area contributed by atoms with E-state index < -0.39 is 7.59 Å². The van der Waals surface area contributed by atoms with Crippen LogP contribution in [0.2, 0.25) is 0 Å². The van der Waals surface area contributed by atoms with E-state index in [-0.39, 0.29) is 0 Å². The molecule has 0 saturated carbocycles. The first-order valence-corrected chi connectivity index (χ1v) is 5.95. The van der Waals surface area contributed by atoms with Gasteiger partial charge < -0.3 is 0 Å². The Morgan fingerprint density at radius 3 is 2.67 bits per heavy atom. The van der Waals surface area contributed by atoms with Gasteiger partial charge in [-0.15, -0.1) is 10.2 Å². The Bertz CT molecular complexity index is 306. The summed E-state index contributed by atoms with van der Waals surface area (Å²) >= 11 is 1.29. The van der Waals surface area contributed by atoms with E-state index in [2.05, 4.69) is 15.3 Å². The average Bonchev–Trinajstić information content (AvgIpc) is 2.32. The third kappa shape index (κ3) is 2.86. The van der Waals surface area contributed by atoms with Crippen LogP contribution in [0.3, 0.4) is 0 Å². The summed E-state index contributed by atoms with van der Waals surface area (Å²) in [4.78, 5) is 0. The van der Waals surface area contributed by atoms with Crippen LogP contribution < -0.4 is 16.1 Å². The van der Waals surface area contributed by atoms with Crippen molar-refractivity contribution in [2.75, 3.05) is 5.09 Å². The first-order chi connectivity index (χ1) is 5.51. The lowest BCUT2D eigenvalue weighted by atomic mass is 10.5. The van der Waals surface area contributed by atoms with Crippen LogP contribution in [0.5, 0.6) is 0 Å². The van der Waals surface area contributed by atoms with Crippen molar-refractivity contribution in [3.63, 3.8) is 0 Å². The smallest absolute Gasteiger partial charge is 0.287 e. The van der Waals surface area contributed by atoms with E-state index in [4.69, 9.17) is 11.0 Å². The van der Waals surface area contributed by atoms with Gasteiger partial charge in [-0.1, -0.05) is 18.3 Å². The van der Waals surface area contributed by atoms with Crippen LogP contribution in [0.1, 0.15) is 11.9 Å². The van der Waals surface area contributed by atoms with E-state index >= 15 is 0 Å². The highest BCUT2D eigenvalue weighted by Gasteiger charge is 2.10. The first kappa shape index (κ1) is 9.60. The van der Waals surface area contributed by atoms with Gasteiger partial charge in [-0.05, 0) is 6.42 Å².